The van der Waals surface area contributed by atoms with Crippen molar-refractivity contribution in [1.82, 2.24) is 4.90 Å². The number of carbonyl (C=O) groups excluding carboxylic acids is 2. The molecule has 1 fully saturated rings. The Hall–Kier alpha value is -1.84. The summed E-state index contributed by atoms with van der Waals surface area (Å²) in [6.07, 6.45) is 2.07. The second kappa shape index (κ2) is 5.88. The van der Waals surface area contributed by atoms with Gasteiger partial charge in [-0.2, -0.15) is 0 Å². The van der Waals surface area contributed by atoms with E-state index >= 15 is 0 Å². The monoisotopic (exact) mass is 288 g/mol. The van der Waals surface area contributed by atoms with Gasteiger partial charge in [-0.05, 0) is 56.4 Å². The van der Waals surface area contributed by atoms with Gasteiger partial charge in [-0.25, -0.2) is 0 Å². The molecule has 0 spiro atoms. The van der Waals surface area contributed by atoms with Crippen LogP contribution in [0.25, 0.3) is 0 Å². The first-order chi connectivity index (χ1) is 9.89. The second-order valence-electron chi connectivity index (χ2n) is 6.09. The normalized spacial score (nSPS) is 17.6. The van der Waals surface area contributed by atoms with Gasteiger partial charge in [-0.15, -0.1) is 0 Å². The lowest BCUT2D eigenvalue weighted by Crippen LogP contribution is -2.48. The van der Waals surface area contributed by atoms with Gasteiger partial charge in [0.25, 0.3) is 5.91 Å². The van der Waals surface area contributed by atoms with Crippen LogP contribution in [-0.4, -0.2) is 29.8 Å². The summed E-state index contributed by atoms with van der Waals surface area (Å²) in [4.78, 5) is 26.0. The Kier molecular flexibility index (Phi) is 4.35. The number of nitrogens with zero attached hydrogens (tertiary/aromatic N) is 1. The minimum Gasteiger partial charge on any atom is -0.369 e. The molecule has 2 amide bonds. The van der Waals surface area contributed by atoms with Crippen molar-refractivity contribution in [3.63, 3.8) is 0 Å². The number of rotatable bonds is 3. The third kappa shape index (κ3) is 2.94. The Balaban J connectivity index is 2.09. The number of amides is 2. The minimum absolute atomic E-state index is 0.0484. The fourth-order valence-corrected chi connectivity index (χ4v) is 2.97. The van der Waals surface area contributed by atoms with Gasteiger partial charge in [0.15, 0.2) is 0 Å². The van der Waals surface area contributed by atoms with Gasteiger partial charge in [-0.3, -0.25) is 9.59 Å². The van der Waals surface area contributed by atoms with Crippen LogP contribution in [0.3, 0.4) is 0 Å². The first-order valence-corrected chi connectivity index (χ1v) is 7.56. The molecule has 0 saturated carbocycles. The van der Waals surface area contributed by atoms with E-state index in [9.17, 15) is 9.59 Å². The van der Waals surface area contributed by atoms with E-state index in [4.69, 9.17) is 5.73 Å². The Bertz CT molecular complexity index is 558. The Morgan fingerprint density at radius 3 is 2.29 bits per heavy atom. The van der Waals surface area contributed by atoms with Gasteiger partial charge < -0.3 is 10.6 Å². The molecular weight excluding hydrogens is 264 g/mol. The summed E-state index contributed by atoms with van der Waals surface area (Å²) in [5.41, 5.74) is 8.14. The van der Waals surface area contributed by atoms with Crippen LogP contribution < -0.4 is 5.73 Å². The Morgan fingerprint density at radius 1 is 1.19 bits per heavy atom. The first-order valence-electron chi connectivity index (χ1n) is 7.56. The second-order valence-corrected chi connectivity index (χ2v) is 6.09. The average Bonchev–Trinajstić information content (AvgIpc) is 2.49. The van der Waals surface area contributed by atoms with E-state index in [0.29, 0.717) is 25.9 Å². The molecule has 21 heavy (non-hydrogen) atoms. The lowest BCUT2D eigenvalue weighted by molar-refractivity contribution is -0.130. The van der Waals surface area contributed by atoms with Crippen molar-refractivity contribution in [3.05, 3.63) is 34.9 Å². The summed E-state index contributed by atoms with van der Waals surface area (Å²) in [5, 5.41) is 0. The van der Waals surface area contributed by atoms with Crippen molar-refractivity contribution in [2.75, 3.05) is 13.1 Å². The fourth-order valence-electron chi connectivity index (χ4n) is 2.97. The Morgan fingerprint density at radius 2 is 1.81 bits per heavy atom. The summed E-state index contributed by atoms with van der Waals surface area (Å²) < 4.78 is 0. The number of nitrogens with two attached hydrogens (primary N) is 1. The first kappa shape index (κ1) is 15.5. The zero-order chi connectivity index (χ0) is 15.6. The van der Waals surface area contributed by atoms with E-state index in [1.807, 2.05) is 43.9 Å². The van der Waals surface area contributed by atoms with Crippen molar-refractivity contribution in [2.24, 2.45) is 11.1 Å². The van der Waals surface area contributed by atoms with Gasteiger partial charge in [0, 0.05) is 18.7 Å². The SMILES string of the molecule is CCC1(C(N)=O)CCN(C(=O)c2ccc(C)c(C)c2)CC1. The number of piperidine rings is 1. The van der Waals surface area contributed by atoms with Gasteiger partial charge in [0.05, 0.1) is 5.41 Å². The van der Waals surface area contributed by atoms with Crippen molar-refractivity contribution in [2.45, 2.75) is 40.0 Å². The van der Waals surface area contributed by atoms with Gasteiger partial charge in [0.2, 0.25) is 5.91 Å². The van der Waals surface area contributed by atoms with Crippen molar-refractivity contribution in [3.8, 4) is 0 Å². The standard InChI is InChI=1S/C17H24N2O2/c1-4-17(16(18)21)7-9-19(10-8-17)15(20)14-6-5-12(2)13(3)11-14/h5-6,11H,4,7-10H2,1-3H3,(H2,18,21). The number of hydrogen-bond acceptors (Lipinski definition) is 2. The van der Waals surface area contributed by atoms with Crippen LogP contribution in [0.2, 0.25) is 0 Å². The van der Waals surface area contributed by atoms with Crippen LogP contribution >= 0.6 is 0 Å². The molecule has 4 nitrogen and oxygen atoms in total. The van der Waals surface area contributed by atoms with Crippen LogP contribution in [0.15, 0.2) is 18.2 Å². The minimum atomic E-state index is -0.431. The summed E-state index contributed by atoms with van der Waals surface area (Å²) in [7, 11) is 0. The summed E-state index contributed by atoms with van der Waals surface area (Å²) in [5.74, 6) is -0.185. The molecule has 0 aliphatic carbocycles. The summed E-state index contributed by atoms with van der Waals surface area (Å²) in [6, 6.07) is 5.79. The van der Waals surface area contributed by atoms with Gasteiger partial charge in [-0.1, -0.05) is 13.0 Å². The van der Waals surface area contributed by atoms with E-state index in [0.717, 1.165) is 17.5 Å². The number of primary amides is 1. The van der Waals surface area contributed by atoms with Gasteiger partial charge >= 0.3 is 0 Å². The molecule has 1 aromatic rings. The largest absolute Gasteiger partial charge is 0.369 e. The van der Waals surface area contributed by atoms with E-state index in [-0.39, 0.29) is 11.8 Å². The highest BCUT2D eigenvalue weighted by Gasteiger charge is 2.39. The van der Waals surface area contributed by atoms with E-state index in [1.165, 1.54) is 5.56 Å². The van der Waals surface area contributed by atoms with E-state index in [1.54, 1.807) is 0 Å². The maximum absolute atomic E-state index is 12.5. The predicted molar refractivity (Wildman–Crippen MR) is 83.0 cm³/mol. The highest BCUT2D eigenvalue weighted by Crippen LogP contribution is 2.34. The highest BCUT2D eigenvalue weighted by atomic mass is 16.2. The molecule has 2 N–H and O–H groups in total. The smallest absolute Gasteiger partial charge is 0.253 e. The predicted octanol–water partition coefficient (Wildman–Crippen LogP) is 2.42. The summed E-state index contributed by atoms with van der Waals surface area (Å²) in [6.45, 7) is 7.24. The quantitative estimate of drug-likeness (QED) is 0.928. The molecule has 1 heterocycles. The molecule has 0 bridgehead atoms. The highest BCUT2D eigenvalue weighted by molar-refractivity contribution is 5.94. The van der Waals surface area contributed by atoms with E-state index < -0.39 is 5.41 Å². The lowest BCUT2D eigenvalue weighted by Gasteiger charge is -2.39. The maximum Gasteiger partial charge on any atom is 0.253 e. The van der Waals surface area contributed by atoms with Crippen LogP contribution in [0.5, 0.6) is 0 Å². The third-order valence-corrected chi connectivity index (χ3v) is 4.96. The van der Waals surface area contributed by atoms with Crippen LogP contribution in [0, 0.1) is 19.3 Å². The topological polar surface area (TPSA) is 63.4 Å². The fraction of sp³-hybridized carbons (Fsp3) is 0.529. The molecule has 1 saturated heterocycles. The number of benzene rings is 1. The van der Waals surface area contributed by atoms with Crippen molar-refractivity contribution < 1.29 is 9.59 Å². The van der Waals surface area contributed by atoms with E-state index in [2.05, 4.69) is 0 Å². The molecule has 114 valence electrons. The molecule has 4 heteroatoms. The average molecular weight is 288 g/mol. The molecule has 0 radical (unpaired) electrons. The molecule has 2 rings (SSSR count). The maximum atomic E-state index is 12.5. The van der Waals surface area contributed by atoms with Crippen LogP contribution in [0.1, 0.15) is 47.7 Å². The number of carbonyl (C=O) groups is 2. The third-order valence-electron chi connectivity index (χ3n) is 4.96. The number of likely N-dealkylation sites (tertiary alicyclic amines) is 1. The van der Waals surface area contributed by atoms with Crippen LogP contribution in [-0.2, 0) is 4.79 Å². The molecule has 0 aromatic heterocycles. The van der Waals surface area contributed by atoms with Crippen molar-refractivity contribution >= 4 is 11.8 Å². The summed E-state index contributed by atoms with van der Waals surface area (Å²) >= 11 is 0. The zero-order valence-corrected chi connectivity index (χ0v) is 13.1. The van der Waals surface area contributed by atoms with Crippen LogP contribution in [0.4, 0.5) is 0 Å². The lowest BCUT2D eigenvalue weighted by atomic mass is 9.75. The number of hydrogen-bond donors (Lipinski definition) is 1. The molecule has 0 atom stereocenters. The molecule has 1 aromatic carbocycles. The molecule has 0 unspecified atom stereocenters. The van der Waals surface area contributed by atoms with Crippen molar-refractivity contribution in [1.29, 1.82) is 0 Å². The van der Waals surface area contributed by atoms with Gasteiger partial charge in [0.1, 0.15) is 0 Å². The molecule has 1 aliphatic heterocycles. The molecule has 1 aliphatic rings. The zero-order valence-electron chi connectivity index (χ0n) is 13.1. The molecular formula is C17H24N2O2. The Labute approximate surface area is 126 Å². The number of aryl methyl sites for hydroxylation is 2.